The molecule has 0 bridgehead atoms. The minimum absolute atomic E-state index is 0.0994. The molecule has 0 saturated heterocycles. The molecular formula is C26H27N3O4. The lowest BCUT2D eigenvalue weighted by atomic mass is 10.0. The Kier molecular flexibility index (Phi) is 6.88. The predicted octanol–water partition coefficient (Wildman–Crippen LogP) is 4.93. The molecule has 0 aliphatic carbocycles. The van der Waals surface area contributed by atoms with Gasteiger partial charge in [0.15, 0.2) is 5.58 Å². The third kappa shape index (κ3) is 5.68. The van der Waals surface area contributed by atoms with Crippen molar-refractivity contribution in [1.29, 1.82) is 0 Å². The molecule has 0 aliphatic rings. The van der Waals surface area contributed by atoms with Gasteiger partial charge in [-0.1, -0.05) is 37.3 Å². The summed E-state index contributed by atoms with van der Waals surface area (Å²) in [7, 11) is 0. The molecule has 0 saturated carbocycles. The zero-order valence-electron chi connectivity index (χ0n) is 19.0. The summed E-state index contributed by atoms with van der Waals surface area (Å²) in [5.41, 5.74) is 4.37. The Morgan fingerprint density at radius 1 is 1.12 bits per heavy atom. The fourth-order valence-electron chi connectivity index (χ4n) is 3.51. The van der Waals surface area contributed by atoms with Gasteiger partial charge in [0.1, 0.15) is 24.5 Å². The number of pyridine rings is 1. The molecule has 2 aromatic heterocycles. The fourth-order valence-corrected chi connectivity index (χ4v) is 3.51. The lowest BCUT2D eigenvalue weighted by Crippen LogP contribution is -2.35. The summed E-state index contributed by atoms with van der Waals surface area (Å²) < 4.78 is 17.7. The van der Waals surface area contributed by atoms with Crippen LogP contribution in [0.25, 0.3) is 22.6 Å². The van der Waals surface area contributed by atoms with E-state index >= 15 is 0 Å². The highest BCUT2D eigenvalue weighted by atomic mass is 16.5. The quantitative estimate of drug-likeness (QED) is 0.393. The van der Waals surface area contributed by atoms with Gasteiger partial charge in [-0.15, -0.1) is 0 Å². The second-order valence-electron chi connectivity index (χ2n) is 7.87. The summed E-state index contributed by atoms with van der Waals surface area (Å²) in [5.74, 6) is 1.66. The van der Waals surface area contributed by atoms with Crippen molar-refractivity contribution in [2.24, 2.45) is 0 Å². The summed E-state index contributed by atoms with van der Waals surface area (Å²) in [6.07, 6.45) is 2.44. The zero-order chi connectivity index (χ0) is 23.2. The number of oxazole rings is 1. The number of amides is 1. The van der Waals surface area contributed by atoms with Crippen LogP contribution in [0.4, 0.5) is 0 Å². The van der Waals surface area contributed by atoms with Crippen molar-refractivity contribution < 1.29 is 18.7 Å². The average molecular weight is 446 g/mol. The molecule has 2 heterocycles. The van der Waals surface area contributed by atoms with Crippen molar-refractivity contribution in [2.75, 3.05) is 6.61 Å². The molecule has 0 aliphatic heterocycles. The van der Waals surface area contributed by atoms with Gasteiger partial charge in [-0.25, -0.2) is 9.97 Å². The second kappa shape index (κ2) is 10.2. The Hall–Kier alpha value is -3.87. The van der Waals surface area contributed by atoms with Crippen molar-refractivity contribution >= 4 is 17.0 Å². The summed E-state index contributed by atoms with van der Waals surface area (Å²) in [6, 6.07) is 17.6. The number of carbonyl (C=O) groups is 1. The van der Waals surface area contributed by atoms with E-state index < -0.39 is 0 Å². The molecule has 33 heavy (non-hydrogen) atoms. The minimum Gasteiger partial charge on any atom is -0.489 e. The molecule has 7 nitrogen and oxygen atoms in total. The predicted molar refractivity (Wildman–Crippen MR) is 126 cm³/mol. The number of nitrogens with zero attached hydrogens (tertiary/aromatic N) is 2. The molecule has 0 fully saturated rings. The molecule has 1 atom stereocenters. The fraction of sp³-hybridized carbons (Fsp3) is 0.269. The van der Waals surface area contributed by atoms with Crippen molar-refractivity contribution in [3.63, 3.8) is 0 Å². The number of nitrogens with one attached hydrogen (secondary N) is 1. The first-order valence-corrected chi connectivity index (χ1v) is 11.0. The summed E-state index contributed by atoms with van der Waals surface area (Å²) in [4.78, 5) is 20.0. The molecular weight excluding hydrogens is 418 g/mol. The SMILES string of the molecule is CCc1cc(OCc2ccccc2)ccc1-c1nc2cnc(OC[C@H](C)NC(C)=O)cc2o1. The standard InChI is InChI=1S/C26H27N3O4/c1-4-20-12-21(31-16-19-8-6-5-7-9-19)10-11-22(20)26-29-23-14-27-25(13-24(23)33-26)32-15-17(2)28-18(3)30/h5-14,17H,4,15-16H2,1-3H3,(H,28,30)/t17-/m0/s1. The summed E-state index contributed by atoms with van der Waals surface area (Å²) in [5, 5.41) is 2.77. The molecule has 7 heteroatoms. The number of hydrogen-bond donors (Lipinski definition) is 1. The van der Waals surface area contributed by atoms with Crippen molar-refractivity contribution in [3.8, 4) is 23.1 Å². The van der Waals surface area contributed by atoms with E-state index in [-0.39, 0.29) is 11.9 Å². The maximum Gasteiger partial charge on any atom is 0.227 e. The molecule has 1 amide bonds. The molecule has 0 radical (unpaired) electrons. The zero-order valence-corrected chi connectivity index (χ0v) is 19.0. The van der Waals surface area contributed by atoms with Crippen LogP contribution in [0.5, 0.6) is 11.6 Å². The molecule has 1 N–H and O–H groups in total. The minimum atomic E-state index is -0.125. The van der Waals surface area contributed by atoms with Gasteiger partial charge in [-0.05, 0) is 42.7 Å². The lowest BCUT2D eigenvalue weighted by molar-refractivity contribution is -0.119. The summed E-state index contributed by atoms with van der Waals surface area (Å²) >= 11 is 0. The highest BCUT2D eigenvalue weighted by Crippen LogP contribution is 2.31. The monoisotopic (exact) mass is 445 g/mol. The van der Waals surface area contributed by atoms with Crippen molar-refractivity contribution in [1.82, 2.24) is 15.3 Å². The Balaban J connectivity index is 1.49. The van der Waals surface area contributed by atoms with E-state index in [9.17, 15) is 4.79 Å². The highest BCUT2D eigenvalue weighted by Gasteiger charge is 2.14. The summed E-state index contributed by atoms with van der Waals surface area (Å²) in [6.45, 7) is 6.26. The third-order valence-electron chi connectivity index (χ3n) is 5.12. The van der Waals surface area contributed by atoms with Crippen LogP contribution < -0.4 is 14.8 Å². The molecule has 2 aromatic carbocycles. The van der Waals surface area contributed by atoms with Crippen LogP contribution in [0.15, 0.2) is 65.2 Å². The van der Waals surface area contributed by atoms with Crippen molar-refractivity contribution in [2.45, 2.75) is 39.8 Å². The van der Waals surface area contributed by atoms with Crippen LogP contribution in [-0.2, 0) is 17.8 Å². The van der Waals surface area contributed by atoms with E-state index in [0.717, 1.165) is 28.9 Å². The van der Waals surface area contributed by atoms with Gasteiger partial charge in [-0.3, -0.25) is 4.79 Å². The van der Waals surface area contributed by atoms with Gasteiger partial charge in [0, 0.05) is 18.6 Å². The third-order valence-corrected chi connectivity index (χ3v) is 5.12. The molecule has 4 rings (SSSR count). The topological polar surface area (TPSA) is 86.5 Å². The molecule has 170 valence electrons. The number of fused-ring (bicyclic) bond motifs is 1. The van der Waals surface area contributed by atoms with Gasteiger partial charge in [0.25, 0.3) is 0 Å². The van der Waals surface area contributed by atoms with Crippen LogP contribution >= 0.6 is 0 Å². The first kappa shape index (κ1) is 22.3. The van der Waals surface area contributed by atoms with Crippen LogP contribution in [0.3, 0.4) is 0 Å². The Morgan fingerprint density at radius 2 is 1.94 bits per heavy atom. The van der Waals surface area contributed by atoms with Gasteiger partial charge < -0.3 is 19.2 Å². The smallest absolute Gasteiger partial charge is 0.227 e. The number of ether oxygens (including phenoxy) is 2. The van der Waals surface area contributed by atoms with Crippen molar-refractivity contribution in [3.05, 3.63) is 71.9 Å². The van der Waals surface area contributed by atoms with E-state index in [1.807, 2.05) is 55.5 Å². The van der Waals surface area contributed by atoms with Crippen LogP contribution in [0, 0.1) is 0 Å². The van der Waals surface area contributed by atoms with E-state index in [2.05, 4.69) is 22.2 Å². The number of aromatic nitrogens is 2. The highest BCUT2D eigenvalue weighted by molar-refractivity contribution is 5.77. The number of hydrogen-bond acceptors (Lipinski definition) is 6. The number of aryl methyl sites for hydroxylation is 1. The van der Waals surface area contributed by atoms with Gasteiger partial charge in [0.2, 0.25) is 17.7 Å². The second-order valence-corrected chi connectivity index (χ2v) is 7.87. The Labute approximate surface area is 192 Å². The maximum atomic E-state index is 11.1. The van der Waals surface area contributed by atoms with Crippen LogP contribution in [0.2, 0.25) is 0 Å². The molecule has 0 spiro atoms. The maximum absolute atomic E-state index is 11.1. The average Bonchev–Trinajstić information content (AvgIpc) is 3.24. The largest absolute Gasteiger partial charge is 0.489 e. The lowest BCUT2D eigenvalue weighted by Gasteiger charge is -2.12. The number of carbonyl (C=O) groups excluding carboxylic acids is 1. The first-order chi connectivity index (χ1) is 16.0. The Morgan fingerprint density at radius 3 is 2.70 bits per heavy atom. The van der Waals surface area contributed by atoms with Gasteiger partial charge >= 0.3 is 0 Å². The number of benzene rings is 2. The number of rotatable bonds is 9. The van der Waals surface area contributed by atoms with Gasteiger partial charge in [0.05, 0.1) is 12.2 Å². The molecule has 0 unspecified atom stereocenters. The molecule has 4 aromatic rings. The van der Waals surface area contributed by atoms with Crippen LogP contribution in [0.1, 0.15) is 31.9 Å². The van der Waals surface area contributed by atoms with Gasteiger partial charge in [-0.2, -0.15) is 0 Å². The van der Waals surface area contributed by atoms with E-state index in [1.54, 1.807) is 12.3 Å². The first-order valence-electron chi connectivity index (χ1n) is 11.0. The Bertz CT molecular complexity index is 1240. The normalized spacial score (nSPS) is 11.8. The van der Waals surface area contributed by atoms with E-state index in [4.69, 9.17) is 13.9 Å². The van der Waals surface area contributed by atoms with Crippen LogP contribution in [-0.4, -0.2) is 28.5 Å². The van der Waals surface area contributed by atoms with E-state index in [1.165, 1.54) is 6.92 Å². The van der Waals surface area contributed by atoms with E-state index in [0.29, 0.717) is 36.1 Å².